The van der Waals surface area contributed by atoms with Crippen LogP contribution in [0.4, 0.5) is 0 Å². The number of halogens is 1. The highest BCUT2D eigenvalue weighted by molar-refractivity contribution is 7.80. The van der Waals surface area contributed by atoms with E-state index in [1.807, 2.05) is 6.07 Å². The molecule has 1 aromatic carbocycles. The molecule has 94 valence electrons. The second-order valence-corrected chi connectivity index (χ2v) is 4.78. The Balaban J connectivity index is 2.64. The number of carbonyl (C=O) groups is 1. The maximum Gasteiger partial charge on any atom is 0.243 e. The average Bonchev–Trinajstić information content (AvgIpc) is 2.38. The van der Waals surface area contributed by atoms with Crippen LogP contribution >= 0.6 is 23.8 Å². The van der Waals surface area contributed by atoms with E-state index in [4.69, 9.17) is 29.2 Å². The van der Waals surface area contributed by atoms with Crippen LogP contribution in [0.1, 0.15) is 11.5 Å². The van der Waals surface area contributed by atoms with E-state index in [9.17, 15) is 10.1 Å². The number of carbonyl (C=O) groups excluding carboxylic acids is 1. The highest BCUT2D eigenvalue weighted by atomic mass is 35.5. The maximum absolute atomic E-state index is 11.8. The summed E-state index contributed by atoms with van der Waals surface area (Å²) in [4.78, 5) is 11.9. The van der Waals surface area contributed by atoms with Crippen molar-refractivity contribution in [1.82, 2.24) is 5.32 Å². The van der Waals surface area contributed by atoms with Gasteiger partial charge in [-0.3, -0.25) is 10.2 Å². The number of nitrogens with zero attached hydrogens (tertiary/aromatic N) is 1. The van der Waals surface area contributed by atoms with Crippen molar-refractivity contribution in [3.63, 3.8) is 0 Å². The molecule has 1 amide bonds. The molecule has 0 aromatic heterocycles. The maximum atomic E-state index is 11.8. The molecule has 19 heavy (non-hydrogen) atoms. The van der Waals surface area contributed by atoms with Gasteiger partial charge >= 0.3 is 0 Å². The number of piperidine rings is 1. The van der Waals surface area contributed by atoms with Crippen molar-refractivity contribution < 1.29 is 4.79 Å². The van der Waals surface area contributed by atoms with Crippen molar-refractivity contribution in [1.29, 1.82) is 10.7 Å². The van der Waals surface area contributed by atoms with E-state index in [0.29, 0.717) is 16.2 Å². The predicted octanol–water partition coefficient (Wildman–Crippen LogP) is 2.20. The number of benzene rings is 1. The number of thiocarbonyl (C=S) groups is 1. The van der Waals surface area contributed by atoms with Crippen LogP contribution in [0.5, 0.6) is 0 Å². The summed E-state index contributed by atoms with van der Waals surface area (Å²) in [6, 6.07) is 8.84. The van der Waals surface area contributed by atoms with Crippen LogP contribution in [0.25, 0.3) is 0 Å². The van der Waals surface area contributed by atoms with Crippen LogP contribution in [-0.2, 0) is 4.79 Å². The largest absolute Gasteiger partial charge is 0.315 e. The molecule has 4 nitrogen and oxygen atoms in total. The SMILES string of the molecule is N#CC1C(=O)NC(=S)C(=C=N)C1c1ccccc1Cl. The Hall–Kier alpha value is -1.99. The molecule has 1 heterocycles. The average molecular weight is 290 g/mol. The topological polar surface area (TPSA) is 76.7 Å². The molecule has 2 atom stereocenters. The molecule has 0 aliphatic carbocycles. The molecule has 2 rings (SSSR count). The van der Waals surface area contributed by atoms with Gasteiger partial charge in [-0.1, -0.05) is 42.0 Å². The second-order valence-electron chi connectivity index (χ2n) is 3.96. The third kappa shape index (κ3) is 2.29. The minimum atomic E-state index is -0.973. The lowest BCUT2D eigenvalue weighted by atomic mass is 9.78. The predicted molar refractivity (Wildman–Crippen MR) is 75.3 cm³/mol. The van der Waals surface area contributed by atoms with Crippen molar-refractivity contribution in [2.45, 2.75) is 5.92 Å². The first-order chi connectivity index (χ1) is 9.10. The lowest BCUT2D eigenvalue weighted by molar-refractivity contribution is -0.122. The molecule has 0 radical (unpaired) electrons. The number of nitrogens with one attached hydrogen (secondary N) is 2. The monoisotopic (exact) mass is 289 g/mol. The van der Waals surface area contributed by atoms with Crippen LogP contribution in [0, 0.1) is 22.7 Å². The van der Waals surface area contributed by atoms with Crippen molar-refractivity contribution >= 4 is 40.6 Å². The van der Waals surface area contributed by atoms with E-state index in [1.54, 1.807) is 24.3 Å². The fourth-order valence-electron chi connectivity index (χ4n) is 2.05. The molecule has 2 unspecified atom stereocenters. The molecule has 6 heteroatoms. The molecule has 1 fully saturated rings. The fourth-order valence-corrected chi connectivity index (χ4v) is 2.58. The molecule has 2 N–H and O–H groups in total. The smallest absolute Gasteiger partial charge is 0.243 e. The quantitative estimate of drug-likeness (QED) is 0.473. The fraction of sp³-hybridized carbons (Fsp3) is 0.154. The normalized spacial score (nSPS) is 22.4. The van der Waals surface area contributed by atoms with Gasteiger partial charge in [-0.15, -0.1) is 0 Å². The van der Waals surface area contributed by atoms with Gasteiger partial charge < -0.3 is 5.32 Å². The Labute approximate surface area is 120 Å². The Bertz CT molecular complexity index is 658. The number of rotatable bonds is 1. The zero-order chi connectivity index (χ0) is 14.0. The number of hydrogen-bond donors (Lipinski definition) is 2. The van der Waals surface area contributed by atoms with Gasteiger partial charge in [-0.05, 0) is 17.5 Å². The summed E-state index contributed by atoms with van der Waals surface area (Å²) in [5, 5.41) is 19.4. The van der Waals surface area contributed by atoms with Crippen molar-refractivity contribution in [3.8, 4) is 6.07 Å². The minimum Gasteiger partial charge on any atom is -0.315 e. The Morgan fingerprint density at radius 2 is 2.11 bits per heavy atom. The lowest BCUT2D eigenvalue weighted by Crippen LogP contribution is -2.45. The summed E-state index contributed by atoms with van der Waals surface area (Å²) in [5.74, 6) is 0.112. The van der Waals surface area contributed by atoms with Gasteiger partial charge in [0.15, 0.2) is 0 Å². The lowest BCUT2D eigenvalue weighted by Gasteiger charge is -2.29. The first-order valence-electron chi connectivity index (χ1n) is 5.39. The van der Waals surface area contributed by atoms with Gasteiger partial charge in [0.1, 0.15) is 10.9 Å². The van der Waals surface area contributed by atoms with Crippen LogP contribution in [0.15, 0.2) is 29.8 Å². The highest BCUT2D eigenvalue weighted by Gasteiger charge is 2.40. The second kappa shape index (κ2) is 5.33. The molecule has 1 saturated heterocycles. The summed E-state index contributed by atoms with van der Waals surface area (Å²) >= 11 is 11.1. The van der Waals surface area contributed by atoms with Gasteiger partial charge in [-0.2, -0.15) is 5.26 Å². The van der Waals surface area contributed by atoms with Gasteiger partial charge in [0.2, 0.25) is 5.91 Å². The van der Waals surface area contributed by atoms with Crippen LogP contribution in [0.2, 0.25) is 5.02 Å². The molecule has 1 aromatic rings. The van der Waals surface area contributed by atoms with Crippen LogP contribution < -0.4 is 5.32 Å². The minimum absolute atomic E-state index is 0.122. The molecule has 0 spiro atoms. The van der Waals surface area contributed by atoms with E-state index in [1.165, 1.54) is 0 Å². The first kappa shape index (κ1) is 13.4. The number of amides is 1. The summed E-state index contributed by atoms with van der Waals surface area (Å²) in [6.07, 6.45) is 0. The molecule has 0 saturated carbocycles. The van der Waals surface area contributed by atoms with Crippen molar-refractivity contribution in [3.05, 3.63) is 40.4 Å². The van der Waals surface area contributed by atoms with Crippen LogP contribution in [0.3, 0.4) is 0 Å². The Morgan fingerprint density at radius 3 is 2.68 bits per heavy atom. The van der Waals surface area contributed by atoms with Gasteiger partial charge in [0.05, 0.1) is 11.6 Å². The number of nitriles is 1. The molecular formula is C13H8ClN3OS. The standard InChI is InChI=1S/C13H8ClN3OS/c14-10-4-2-1-3-7(10)11-8(5-15)12(18)17-13(19)9(11)6-16/h1-4,8,11,16H,(H,17,18,19). The Morgan fingerprint density at radius 1 is 1.42 bits per heavy atom. The summed E-state index contributed by atoms with van der Waals surface area (Å²) in [5.41, 5.74) is 0.900. The highest BCUT2D eigenvalue weighted by Crippen LogP contribution is 2.37. The van der Waals surface area contributed by atoms with Crippen LogP contribution in [-0.4, -0.2) is 16.8 Å². The molecule has 1 aliphatic rings. The summed E-state index contributed by atoms with van der Waals surface area (Å²) in [7, 11) is 0. The van der Waals surface area contributed by atoms with E-state index < -0.39 is 17.7 Å². The van der Waals surface area contributed by atoms with Crippen molar-refractivity contribution in [2.75, 3.05) is 0 Å². The summed E-state index contributed by atoms with van der Waals surface area (Å²) < 4.78 is 0. The first-order valence-corrected chi connectivity index (χ1v) is 6.17. The van der Waals surface area contributed by atoms with Gasteiger partial charge in [-0.25, -0.2) is 0 Å². The summed E-state index contributed by atoms with van der Waals surface area (Å²) in [6.45, 7) is 0. The third-order valence-electron chi connectivity index (χ3n) is 2.92. The third-order valence-corrected chi connectivity index (χ3v) is 3.59. The molecule has 0 bridgehead atoms. The molecular weight excluding hydrogens is 282 g/mol. The van der Waals surface area contributed by atoms with Gasteiger partial charge in [0, 0.05) is 10.9 Å². The molecule has 1 aliphatic heterocycles. The van der Waals surface area contributed by atoms with E-state index >= 15 is 0 Å². The van der Waals surface area contributed by atoms with Gasteiger partial charge in [0.25, 0.3) is 0 Å². The zero-order valence-electron chi connectivity index (χ0n) is 9.61. The van der Waals surface area contributed by atoms with Crippen molar-refractivity contribution in [2.24, 2.45) is 5.92 Å². The van der Waals surface area contributed by atoms with E-state index in [-0.39, 0.29) is 4.99 Å². The van der Waals surface area contributed by atoms with E-state index in [2.05, 4.69) is 11.2 Å². The Kier molecular flexibility index (Phi) is 3.77. The number of hydrogen-bond acceptors (Lipinski definition) is 4. The zero-order valence-corrected chi connectivity index (χ0v) is 11.2. The van der Waals surface area contributed by atoms with E-state index in [0.717, 1.165) is 0 Å².